The first-order valence-corrected chi connectivity index (χ1v) is 17.1. The van der Waals surface area contributed by atoms with E-state index in [2.05, 4.69) is 5.32 Å². The molecule has 8 nitrogen and oxygen atoms in total. The number of aliphatic hydroxyl groups is 2. The van der Waals surface area contributed by atoms with Crippen molar-refractivity contribution in [2.45, 2.75) is 44.2 Å². The molecule has 6 rings (SSSR count). The summed E-state index contributed by atoms with van der Waals surface area (Å²) in [7, 11) is 1.87. The lowest BCUT2D eigenvalue weighted by molar-refractivity contribution is -0.252. The largest absolute Gasteiger partial charge is 0.508 e. The minimum absolute atomic E-state index is 0.0615. The Labute approximate surface area is 308 Å². The van der Waals surface area contributed by atoms with Crippen molar-refractivity contribution in [3.63, 3.8) is 0 Å². The minimum atomic E-state index is -2.35. The number of phenolic OH excluding ortho intramolecular Hbond substituents is 1. The number of carbonyl (C=O) groups is 1. The van der Waals surface area contributed by atoms with Gasteiger partial charge in [0.05, 0.1) is 24.9 Å². The summed E-state index contributed by atoms with van der Waals surface area (Å²) >= 11 is 0. The molecule has 54 heavy (non-hydrogen) atoms. The highest BCUT2D eigenvalue weighted by molar-refractivity contribution is 5.94. The summed E-state index contributed by atoms with van der Waals surface area (Å²) in [6.45, 7) is 0.350. The number of hydrogen-bond donors (Lipinski definition) is 4. The van der Waals surface area contributed by atoms with Gasteiger partial charge in [-0.1, -0.05) is 72.8 Å². The van der Waals surface area contributed by atoms with E-state index < -0.39 is 53.0 Å². The number of benzene rings is 5. The van der Waals surface area contributed by atoms with Crippen LogP contribution in [-0.2, 0) is 22.6 Å². The smallest absolute Gasteiger partial charge is 0.257 e. The van der Waals surface area contributed by atoms with E-state index in [1.165, 1.54) is 12.1 Å². The Morgan fingerprint density at radius 2 is 1.44 bits per heavy atom. The highest BCUT2D eigenvalue weighted by Gasteiger charge is 2.33. The van der Waals surface area contributed by atoms with Gasteiger partial charge in [-0.25, -0.2) is 22.0 Å². The van der Waals surface area contributed by atoms with Gasteiger partial charge in [0.1, 0.15) is 11.3 Å². The minimum Gasteiger partial charge on any atom is -0.508 e. The zero-order valence-electron chi connectivity index (χ0n) is 29.0. The number of likely N-dealkylation sites (N-methyl/N-ethyl adjacent to an activating group) is 1. The average molecular weight is 749 g/mol. The van der Waals surface area contributed by atoms with Gasteiger partial charge in [-0.2, -0.15) is 0 Å². The molecule has 1 amide bonds. The predicted molar refractivity (Wildman–Crippen MR) is 188 cm³/mol. The molecule has 1 heterocycles. The quantitative estimate of drug-likeness (QED) is 0.0599. The zero-order chi connectivity index (χ0) is 38.5. The molecule has 4 N–H and O–H groups in total. The monoisotopic (exact) mass is 748 g/mol. The Balaban J connectivity index is 1.19. The van der Waals surface area contributed by atoms with Crippen LogP contribution in [0.2, 0.25) is 0 Å². The topological polar surface area (TPSA) is 111 Å². The van der Waals surface area contributed by atoms with Crippen molar-refractivity contribution in [3.05, 3.63) is 160 Å². The van der Waals surface area contributed by atoms with Crippen LogP contribution in [0.15, 0.2) is 97.1 Å². The maximum atomic E-state index is 14.2. The van der Waals surface area contributed by atoms with E-state index in [0.717, 1.165) is 16.7 Å². The molecule has 0 saturated carbocycles. The van der Waals surface area contributed by atoms with Crippen molar-refractivity contribution in [3.8, 4) is 16.9 Å². The molecule has 1 aliphatic heterocycles. The number of ether oxygens (including phenoxy) is 2. The lowest BCUT2D eigenvalue weighted by Crippen LogP contribution is -2.39. The summed E-state index contributed by atoms with van der Waals surface area (Å²) in [5, 5.41) is 32.5. The fourth-order valence-electron chi connectivity index (χ4n) is 6.39. The fourth-order valence-corrected chi connectivity index (χ4v) is 6.39. The van der Waals surface area contributed by atoms with E-state index in [9.17, 15) is 42.1 Å². The molecule has 0 aliphatic carbocycles. The first kappa shape index (κ1) is 38.5. The van der Waals surface area contributed by atoms with Crippen molar-refractivity contribution in [2.75, 3.05) is 20.1 Å². The number of hydrogen-bond acceptors (Lipinski definition) is 7. The van der Waals surface area contributed by atoms with Crippen LogP contribution in [0.4, 0.5) is 22.0 Å². The summed E-state index contributed by atoms with van der Waals surface area (Å²) in [6, 6.07) is 28.2. The first-order valence-electron chi connectivity index (χ1n) is 17.1. The molecular formula is C41H37F5N2O6. The second-order valence-electron chi connectivity index (χ2n) is 13.1. The second-order valence-corrected chi connectivity index (χ2v) is 13.1. The molecular weight excluding hydrogens is 711 g/mol. The van der Waals surface area contributed by atoms with E-state index in [0.29, 0.717) is 35.2 Å². The van der Waals surface area contributed by atoms with Gasteiger partial charge in [0.25, 0.3) is 5.91 Å². The Bertz CT molecular complexity index is 2090. The van der Waals surface area contributed by atoms with Crippen molar-refractivity contribution in [2.24, 2.45) is 0 Å². The average Bonchev–Trinajstić information content (AvgIpc) is 3.18. The second kappa shape index (κ2) is 16.9. The lowest BCUT2D eigenvalue weighted by atomic mass is 9.98. The fraction of sp³-hybridized carbons (Fsp3) is 0.244. The van der Waals surface area contributed by atoms with E-state index in [1.54, 1.807) is 36.4 Å². The maximum Gasteiger partial charge on any atom is 0.257 e. The van der Waals surface area contributed by atoms with Gasteiger partial charge in [-0.15, -0.1) is 0 Å². The van der Waals surface area contributed by atoms with Crippen LogP contribution >= 0.6 is 0 Å². The van der Waals surface area contributed by atoms with Crippen molar-refractivity contribution in [1.82, 2.24) is 10.2 Å². The number of aliphatic hydroxyl groups excluding tert-OH is 2. The summed E-state index contributed by atoms with van der Waals surface area (Å²) in [4.78, 5) is 14.5. The van der Waals surface area contributed by atoms with Crippen LogP contribution in [0.25, 0.3) is 11.1 Å². The highest BCUT2D eigenvalue weighted by atomic mass is 19.2. The van der Waals surface area contributed by atoms with Crippen LogP contribution in [-0.4, -0.2) is 52.4 Å². The molecule has 5 aromatic carbocycles. The third-order valence-corrected chi connectivity index (χ3v) is 9.18. The molecule has 0 aromatic heterocycles. The number of nitrogens with zero attached hydrogens (tertiary/aromatic N) is 1. The molecule has 1 fully saturated rings. The van der Waals surface area contributed by atoms with E-state index in [4.69, 9.17) is 9.47 Å². The maximum absolute atomic E-state index is 14.2. The number of nitrogens with one attached hydrogen (secondary N) is 1. The van der Waals surface area contributed by atoms with Gasteiger partial charge in [0, 0.05) is 31.6 Å². The Hall–Kier alpha value is -5.18. The van der Waals surface area contributed by atoms with Gasteiger partial charge in [0.15, 0.2) is 29.6 Å². The Morgan fingerprint density at radius 3 is 2.13 bits per heavy atom. The molecule has 4 atom stereocenters. The zero-order valence-corrected chi connectivity index (χ0v) is 29.0. The van der Waals surface area contributed by atoms with E-state index >= 15 is 0 Å². The molecule has 1 aliphatic rings. The summed E-state index contributed by atoms with van der Waals surface area (Å²) < 4.78 is 82.2. The van der Waals surface area contributed by atoms with Crippen molar-refractivity contribution < 1.29 is 51.5 Å². The third-order valence-electron chi connectivity index (χ3n) is 9.18. The summed E-state index contributed by atoms with van der Waals surface area (Å²) in [5.41, 5.74) is 3.29. The van der Waals surface area contributed by atoms with Crippen LogP contribution in [0.5, 0.6) is 5.75 Å². The Kier molecular flexibility index (Phi) is 12.0. The standard InChI is InChI=1S/C41H37F5N2O6/c1-48(21-32(51)28-8-4-10-30(50)17-28)20-31-18-33(25-13-11-23(22-49)12-14-25)54-41(53-31)29-9-3-7-27(16-29)26-6-2-5-24(15-26)19-47-40(52)34-35(42)37(44)39(46)38(45)36(34)43/h2-17,31-33,41,49-51H,18-22H2,1H3,(H,47,52)/t31-,32-,33+,41+/m1/s1. The molecule has 0 spiro atoms. The van der Waals surface area contributed by atoms with Gasteiger partial charge < -0.3 is 35.0 Å². The number of halogens is 5. The molecule has 13 heteroatoms. The van der Waals surface area contributed by atoms with Gasteiger partial charge in [0.2, 0.25) is 5.82 Å². The van der Waals surface area contributed by atoms with Crippen LogP contribution in [0.1, 0.15) is 63.1 Å². The number of phenols is 1. The highest BCUT2D eigenvalue weighted by Crippen LogP contribution is 2.39. The van der Waals surface area contributed by atoms with Crippen LogP contribution < -0.4 is 5.32 Å². The number of rotatable bonds is 12. The number of amides is 1. The van der Waals surface area contributed by atoms with E-state index in [1.807, 2.05) is 60.5 Å². The SMILES string of the molecule is CN(C[C@H]1C[C@@H](c2ccc(CO)cc2)O[C@@H](c2cccc(-c3cccc(CNC(=O)c4c(F)c(F)c(F)c(F)c4F)c3)c2)O1)C[C@@H](O)c1cccc(O)c1. The summed E-state index contributed by atoms with van der Waals surface area (Å²) in [6.07, 6.45) is -1.86. The van der Waals surface area contributed by atoms with E-state index in [-0.39, 0.29) is 37.7 Å². The number of aromatic hydroxyl groups is 1. The number of carbonyl (C=O) groups excluding carboxylic acids is 1. The molecule has 0 bridgehead atoms. The lowest BCUT2D eigenvalue weighted by Gasteiger charge is -2.38. The third kappa shape index (κ3) is 8.78. The molecule has 1 saturated heterocycles. The summed E-state index contributed by atoms with van der Waals surface area (Å²) in [5.74, 6) is -12.6. The molecule has 5 aromatic rings. The van der Waals surface area contributed by atoms with Gasteiger partial charge in [-0.3, -0.25) is 4.79 Å². The predicted octanol–water partition coefficient (Wildman–Crippen LogP) is 7.39. The van der Waals surface area contributed by atoms with Gasteiger partial charge >= 0.3 is 0 Å². The van der Waals surface area contributed by atoms with Gasteiger partial charge in [-0.05, 0) is 64.7 Å². The van der Waals surface area contributed by atoms with Crippen LogP contribution in [0, 0.1) is 29.1 Å². The molecule has 0 unspecified atom stereocenters. The van der Waals surface area contributed by atoms with Crippen molar-refractivity contribution >= 4 is 5.91 Å². The molecule has 0 radical (unpaired) electrons. The Morgan fingerprint density at radius 1 is 0.796 bits per heavy atom. The van der Waals surface area contributed by atoms with Crippen molar-refractivity contribution in [1.29, 1.82) is 0 Å². The van der Waals surface area contributed by atoms with Crippen LogP contribution in [0.3, 0.4) is 0 Å². The first-order chi connectivity index (χ1) is 25.9. The molecule has 282 valence electrons. The normalized spacial score (nSPS) is 17.8.